The average Bonchev–Trinajstić information content (AvgIpc) is 3.35. The van der Waals surface area contributed by atoms with Gasteiger partial charge in [-0.05, 0) is 47.7 Å². The smallest absolute Gasteiger partial charge is 0.274 e. The molecule has 3 aromatic rings. The van der Waals surface area contributed by atoms with Crippen LogP contribution in [0.2, 0.25) is 0 Å². The van der Waals surface area contributed by atoms with Gasteiger partial charge in [0.05, 0.1) is 31.0 Å². The first-order valence-corrected chi connectivity index (χ1v) is 12.0. The first-order chi connectivity index (χ1) is 16.9. The predicted molar refractivity (Wildman–Crippen MR) is 133 cm³/mol. The van der Waals surface area contributed by atoms with Crippen molar-refractivity contribution in [2.75, 3.05) is 39.5 Å². The van der Waals surface area contributed by atoms with Crippen LogP contribution in [0.4, 0.5) is 0 Å². The molecule has 0 saturated carbocycles. The Morgan fingerprint density at radius 2 is 1.91 bits per heavy atom. The molecule has 0 radical (unpaired) electrons. The van der Waals surface area contributed by atoms with Crippen molar-refractivity contribution in [3.63, 3.8) is 0 Å². The highest BCUT2D eigenvalue weighted by Gasteiger charge is 2.22. The zero-order chi connectivity index (χ0) is 24.8. The average molecular weight is 480 g/mol. The number of nitrogens with one attached hydrogen (secondary N) is 1. The molecule has 1 aromatic heterocycles. The molecule has 8 nitrogen and oxygen atoms in total. The SMILES string of the molecule is CCNC(=O)c1nocc1-c1ccc(CN2CCOCC2)c(-c2cccc(CC(C)(O)CO)c2)c1. The number of aromatic nitrogens is 1. The Balaban J connectivity index is 1.75. The fourth-order valence-corrected chi connectivity index (χ4v) is 4.34. The van der Waals surface area contributed by atoms with Crippen molar-refractivity contribution in [1.29, 1.82) is 0 Å². The van der Waals surface area contributed by atoms with E-state index in [1.807, 2.05) is 37.3 Å². The normalized spacial score (nSPS) is 16.1. The minimum absolute atomic E-state index is 0.256. The maximum absolute atomic E-state index is 12.5. The standard InChI is InChI=1S/C27H33N3O5/c1-3-28-26(32)25-24(17-35-29-25)21-7-8-22(16-30-9-11-34-12-10-30)23(14-21)20-6-4-5-19(13-20)15-27(2,33)18-31/h4-8,13-14,17,31,33H,3,9-12,15-16,18H2,1-2H3,(H,28,32). The van der Waals surface area contributed by atoms with Crippen LogP contribution in [0.15, 0.2) is 53.3 Å². The number of hydrogen-bond acceptors (Lipinski definition) is 7. The summed E-state index contributed by atoms with van der Waals surface area (Å²) < 4.78 is 10.7. The maximum Gasteiger partial charge on any atom is 0.274 e. The largest absolute Gasteiger partial charge is 0.393 e. The van der Waals surface area contributed by atoms with Crippen LogP contribution in [0.1, 0.15) is 35.5 Å². The molecule has 35 heavy (non-hydrogen) atoms. The number of amides is 1. The fourth-order valence-electron chi connectivity index (χ4n) is 4.34. The van der Waals surface area contributed by atoms with E-state index in [0.29, 0.717) is 18.5 Å². The number of hydrogen-bond donors (Lipinski definition) is 3. The summed E-state index contributed by atoms with van der Waals surface area (Å²) in [5.74, 6) is -0.275. The van der Waals surface area contributed by atoms with Gasteiger partial charge in [0.25, 0.3) is 5.91 Å². The predicted octanol–water partition coefficient (Wildman–Crippen LogP) is 2.88. The van der Waals surface area contributed by atoms with Crippen LogP contribution in [0.25, 0.3) is 22.3 Å². The van der Waals surface area contributed by atoms with E-state index in [1.54, 1.807) is 6.92 Å². The number of ether oxygens (including phenoxy) is 1. The van der Waals surface area contributed by atoms with E-state index in [1.165, 1.54) is 6.26 Å². The number of aliphatic hydroxyl groups is 2. The van der Waals surface area contributed by atoms with Crippen LogP contribution in [-0.4, -0.2) is 71.2 Å². The molecule has 3 N–H and O–H groups in total. The molecule has 1 atom stereocenters. The van der Waals surface area contributed by atoms with Gasteiger partial charge in [-0.25, -0.2) is 0 Å². The highest BCUT2D eigenvalue weighted by Crippen LogP contribution is 2.33. The number of benzene rings is 2. The summed E-state index contributed by atoms with van der Waals surface area (Å²) in [6, 6.07) is 14.1. The monoisotopic (exact) mass is 479 g/mol. The summed E-state index contributed by atoms with van der Waals surface area (Å²) in [4.78, 5) is 14.9. The molecule has 1 fully saturated rings. The molecule has 1 aliphatic rings. The zero-order valence-electron chi connectivity index (χ0n) is 20.3. The summed E-state index contributed by atoms with van der Waals surface area (Å²) in [6.07, 6.45) is 1.84. The molecular formula is C27H33N3O5. The van der Waals surface area contributed by atoms with Crippen LogP contribution in [0.3, 0.4) is 0 Å². The molecule has 1 saturated heterocycles. The summed E-state index contributed by atoms with van der Waals surface area (Å²) in [6.45, 7) is 7.61. The highest BCUT2D eigenvalue weighted by atomic mass is 16.5. The summed E-state index contributed by atoms with van der Waals surface area (Å²) in [5, 5.41) is 26.6. The lowest BCUT2D eigenvalue weighted by Gasteiger charge is -2.27. The Morgan fingerprint density at radius 1 is 1.14 bits per heavy atom. The quantitative estimate of drug-likeness (QED) is 0.433. The van der Waals surface area contributed by atoms with Crippen LogP contribution in [-0.2, 0) is 17.7 Å². The summed E-state index contributed by atoms with van der Waals surface area (Å²) >= 11 is 0. The van der Waals surface area contributed by atoms with Gasteiger partial charge < -0.3 is 24.8 Å². The second-order valence-electron chi connectivity index (χ2n) is 9.23. The van der Waals surface area contributed by atoms with Gasteiger partial charge in [0, 0.05) is 32.6 Å². The van der Waals surface area contributed by atoms with Crippen molar-refractivity contribution in [2.24, 2.45) is 0 Å². The van der Waals surface area contributed by atoms with Gasteiger partial charge >= 0.3 is 0 Å². The van der Waals surface area contributed by atoms with Gasteiger partial charge in [0.15, 0.2) is 5.69 Å². The van der Waals surface area contributed by atoms with Crippen LogP contribution >= 0.6 is 0 Å². The van der Waals surface area contributed by atoms with Crippen molar-refractivity contribution in [2.45, 2.75) is 32.4 Å². The number of rotatable bonds is 9. The van der Waals surface area contributed by atoms with Gasteiger partial charge in [-0.3, -0.25) is 9.69 Å². The molecule has 1 aliphatic heterocycles. The Kier molecular flexibility index (Phi) is 7.97. The lowest BCUT2D eigenvalue weighted by molar-refractivity contribution is 0.00233. The Labute approximate surface area is 205 Å². The lowest BCUT2D eigenvalue weighted by Crippen LogP contribution is -2.35. The first kappa shape index (κ1) is 25.1. The lowest BCUT2D eigenvalue weighted by atomic mass is 9.91. The molecule has 4 rings (SSSR count). The second-order valence-corrected chi connectivity index (χ2v) is 9.23. The molecule has 2 aromatic carbocycles. The van der Waals surface area contributed by atoms with Gasteiger partial charge in [-0.15, -0.1) is 0 Å². The third-order valence-electron chi connectivity index (χ3n) is 6.20. The van der Waals surface area contributed by atoms with Gasteiger partial charge in [-0.2, -0.15) is 0 Å². The topological polar surface area (TPSA) is 108 Å². The van der Waals surface area contributed by atoms with Crippen molar-refractivity contribution in [1.82, 2.24) is 15.4 Å². The van der Waals surface area contributed by atoms with E-state index < -0.39 is 5.60 Å². The molecule has 8 heteroatoms. The van der Waals surface area contributed by atoms with Crippen LogP contribution in [0.5, 0.6) is 0 Å². The minimum atomic E-state index is -1.19. The minimum Gasteiger partial charge on any atom is -0.393 e. The highest BCUT2D eigenvalue weighted by molar-refractivity contribution is 5.99. The summed E-state index contributed by atoms with van der Waals surface area (Å²) in [7, 11) is 0. The molecular weight excluding hydrogens is 446 g/mol. The third-order valence-corrected chi connectivity index (χ3v) is 6.20. The molecule has 0 aliphatic carbocycles. The third kappa shape index (κ3) is 6.15. The Hall–Kier alpha value is -3.04. The van der Waals surface area contributed by atoms with E-state index in [4.69, 9.17) is 9.26 Å². The van der Waals surface area contributed by atoms with Gasteiger partial charge in [0.2, 0.25) is 0 Å². The van der Waals surface area contributed by atoms with E-state index in [2.05, 4.69) is 27.5 Å². The number of aliphatic hydroxyl groups excluding tert-OH is 1. The zero-order valence-corrected chi connectivity index (χ0v) is 20.3. The van der Waals surface area contributed by atoms with Crippen molar-refractivity contribution < 1.29 is 24.3 Å². The number of carbonyl (C=O) groups excluding carboxylic acids is 1. The Bertz CT molecular complexity index is 1150. The van der Waals surface area contributed by atoms with E-state index in [-0.39, 0.29) is 18.2 Å². The van der Waals surface area contributed by atoms with Crippen molar-refractivity contribution in [3.05, 3.63) is 65.5 Å². The van der Waals surface area contributed by atoms with E-state index >= 15 is 0 Å². The van der Waals surface area contributed by atoms with E-state index in [9.17, 15) is 15.0 Å². The fraction of sp³-hybridized carbons (Fsp3) is 0.407. The molecule has 1 amide bonds. The molecule has 2 heterocycles. The number of nitrogens with zero attached hydrogens (tertiary/aromatic N) is 2. The van der Waals surface area contributed by atoms with Crippen LogP contribution in [0, 0.1) is 0 Å². The van der Waals surface area contributed by atoms with Crippen molar-refractivity contribution >= 4 is 5.91 Å². The second kappa shape index (κ2) is 11.1. The maximum atomic E-state index is 12.5. The van der Waals surface area contributed by atoms with Gasteiger partial charge in [0.1, 0.15) is 6.26 Å². The van der Waals surface area contributed by atoms with Crippen LogP contribution < -0.4 is 5.32 Å². The first-order valence-electron chi connectivity index (χ1n) is 12.0. The molecule has 186 valence electrons. The Morgan fingerprint density at radius 3 is 2.66 bits per heavy atom. The molecule has 0 spiro atoms. The van der Waals surface area contributed by atoms with E-state index in [0.717, 1.165) is 60.7 Å². The molecule has 1 unspecified atom stereocenters. The molecule has 0 bridgehead atoms. The number of carbonyl (C=O) groups is 1. The van der Waals surface area contributed by atoms with Crippen molar-refractivity contribution in [3.8, 4) is 22.3 Å². The van der Waals surface area contributed by atoms with Gasteiger partial charge in [-0.1, -0.05) is 41.6 Å². The number of morpholine rings is 1. The summed E-state index contributed by atoms with van der Waals surface area (Å²) in [5.41, 5.74) is 4.64.